The number of benzene rings is 2. The van der Waals surface area contributed by atoms with Gasteiger partial charge in [-0.05, 0) is 42.0 Å². The number of nitrogens with one attached hydrogen (secondary N) is 1. The molecule has 0 spiro atoms. The highest BCUT2D eigenvalue weighted by atomic mass is 15.2. The van der Waals surface area contributed by atoms with Crippen LogP contribution in [0.4, 0.5) is 0 Å². The Balaban J connectivity index is 2.12. The Hall–Kier alpha value is -1.64. The summed E-state index contributed by atoms with van der Waals surface area (Å²) >= 11 is 0. The molecule has 0 bridgehead atoms. The summed E-state index contributed by atoms with van der Waals surface area (Å²) < 4.78 is 0. The molecule has 2 nitrogen and oxygen atoms in total. The van der Waals surface area contributed by atoms with Crippen molar-refractivity contribution in [3.63, 3.8) is 0 Å². The van der Waals surface area contributed by atoms with E-state index in [0.29, 0.717) is 6.04 Å². The molecule has 2 heteroatoms. The van der Waals surface area contributed by atoms with Crippen molar-refractivity contribution in [1.82, 2.24) is 5.43 Å². The summed E-state index contributed by atoms with van der Waals surface area (Å²) in [6.45, 7) is 3.76. The van der Waals surface area contributed by atoms with Crippen molar-refractivity contribution in [3.8, 4) is 0 Å². The van der Waals surface area contributed by atoms with Crippen LogP contribution in [0.2, 0.25) is 0 Å². The molecule has 0 amide bonds. The van der Waals surface area contributed by atoms with Gasteiger partial charge in [-0.2, -0.15) is 0 Å². The molecule has 0 aliphatic carbocycles. The number of rotatable bonds is 7. The zero-order chi connectivity index (χ0) is 13.5. The molecule has 0 aromatic heterocycles. The minimum Gasteiger partial charge on any atom is -0.271 e. The highest BCUT2D eigenvalue weighted by molar-refractivity contribution is 5.85. The third-order valence-corrected chi connectivity index (χ3v) is 3.54. The van der Waals surface area contributed by atoms with Gasteiger partial charge in [-0.1, -0.05) is 48.5 Å². The number of hydrogen-bond acceptors (Lipinski definition) is 2. The Kier molecular flexibility index (Phi) is 5.13. The van der Waals surface area contributed by atoms with Crippen LogP contribution in [0.3, 0.4) is 0 Å². The summed E-state index contributed by atoms with van der Waals surface area (Å²) in [5, 5.41) is 2.62. The Morgan fingerprint density at radius 3 is 2.74 bits per heavy atom. The van der Waals surface area contributed by atoms with E-state index in [2.05, 4.69) is 54.5 Å². The van der Waals surface area contributed by atoms with Crippen LogP contribution >= 0.6 is 0 Å². The molecule has 2 rings (SSSR count). The smallest absolute Gasteiger partial charge is 0.0251 e. The number of allylic oxidation sites excluding steroid dienone is 1. The van der Waals surface area contributed by atoms with Crippen LogP contribution in [0.1, 0.15) is 24.8 Å². The molecule has 19 heavy (non-hydrogen) atoms. The summed E-state index contributed by atoms with van der Waals surface area (Å²) in [5.41, 5.74) is 4.30. The van der Waals surface area contributed by atoms with E-state index in [0.717, 1.165) is 25.7 Å². The summed E-state index contributed by atoms with van der Waals surface area (Å²) in [6, 6.07) is 15.3. The van der Waals surface area contributed by atoms with Gasteiger partial charge >= 0.3 is 0 Å². The molecule has 0 aliphatic heterocycles. The zero-order valence-corrected chi connectivity index (χ0v) is 11.3. The lowest BCUT2D eigenvalue weighted by atomic mass is 9.96. The zero-order valence-electron chi connectivity index (χ0n) is 11.3. The first-order chi connectivity index (χ1) is 9.35. The van der Waals surface area contributed by atoms with Crippen LogP contribution in [-0.2, 0) is 6.42 Å². The Morgan fingerprint density at radius 2 is 1.95 bits per heavy atom. The number of fused-ring (bicyclic) bond motifs is 1. The maximum absolute atomic E-state index is 5.67. The molecule has 100 valence electrons. The first-order valence-corrected chi connectivity index (χ1v) is 6.89. The predicted molar refractivity (Wildman–Crippen MR) is 82.8 cm³/mol. The predicted octanol–water partition coefficient (Wildman–Crippen LogP) is 3.57. The summed E-state index contributed by atoms with van der Waals surface area (Å²) in [5.74, 6) is 5.67. The summed E-state index contributed by atoms with van der Waals surface area (Å²) in [6.07, 6.45) is 6.18. The minimum absolute atomic E-state index is 0.325. The van der Waals surface area contributed by atoms with E-state index in [4.69, 9.17) is 5.84 Å². The molecule has 0 aliphatic rings. The molecule has 0 saturated carbocycles. The second-order valence-electron chi connectivity index (χ2n) is 4.93. The largest absolute Gasteiger partial charge is 0.271 e. The quantitative estimate of drug-likeness (QED) is 0.343. The summed E-state index contributed by atoms with van der Waals surface area (Å²) in [7, 11) is 0. The molecule has 3 N–H and O–H groups in total. The second-order valence-corrected chi connectivity index (χ2v) is 4.93. The lowest BCUT2D eigenvalue weighted by molar-refractivity contribution is 0.479. The highest BCUT2D eigenvalue weighted by Crippen LogP contribution is 2.20. The van der Waals surface area contributed by atoms with Gasteiger partial charge in [0.1, 0.15) is 0 Å². The lowest BCUT2D eigenvalue weighted by Crippen LogP contribution is -2.36. The van der Waals surface area contributed by atoms with E-state index in [1.54, 1.807) is 0 Å². The Morgan fingerprint density at radius 1 is 1.16 bits per heavy atom. The fourth-order valence-corrected chi connectivity index (χ4v) is 2.49. The van der Waals surface area contributed by atoms with Crippen molar-refractivity contribution in [2.75, 3.05) is 0 Å². The number of hydrazine groups is 1. The second kappa shape index (κ2) is 7.07. The number of hydrogen-bond donors (Lipinski definition) is 2. The van der Waals surface area contributed by atoms with Gasteiger partial charge in [0.25, 0.3) is 0 Å². The average molecular weight is 254 g/mol. The molecule has 1 unspecified atom stereocenters. The monoisotopic (exact) mass is 254 g/mol. The molecule has 0 heterocycles. The standard InChI is InChI=1S/C17H22N2/c1-2-3-4-11-16(19-18)13-15-10-7-9-14-8-5-6-12-17(14)15/h2,5-10,12,16,19H,1,3-4,11,13,18H2. The fraction of sp³-hybridized carbons (Fsp3) is 0.294. The highest BCUT2D eigenvalue weighted by Gasteiger charge is 2.09. The molecule has 2 aromatic rings. The van der Waals surface area contributed by atoms with Gasteiger partial charge < -0.3 is 0 Å². The van der Waals surface area contributed by atoms with E-state index in [-0.39, 0.29) is 0 Å². The van der Waals surface area contributed by atoms with Gasteiger partial charge in [-0.15, -0.1) is 6.58 Å². The van der Waals surface area contributed by atoms with Crippen LogP contribution in [0, 0.1) is 0 Å². The van der Waals surface area contributed by atoms with E-state index in [9.17, 15) is 0 Å². The van der Waals surface area contributed by atoms with E-state index >= 15 is 0 Å². The number of unbranched alkanes of at least 4 members (excludes halogenated alkanes) is 1. The van der Waals surface area contributed by atoms with Crippen molar-refractivity contribution < 1.29 is 0 Å². The Bertz CT molecular complexity index is 528. The third kappa shape index (κ3) is 3.66. The van der Waals surface area contributed by atoms with E-state index in [1.165, 1.54) is 16.3 Å². The normalized spacial score (nSPS) is 12.5. The van der Waals surface area contributed by atoms with Gasteiger partial charge in [0.05, 0.1) is 0 Å². The van der Waals surface area contributed by atoms with E-state index in [1.807, 2.05) is 6.08 Å². The van der Waals surface area contributed by atoms with Crippen molar-refractivity contribution in [3.05, 3.63) is 60.7 Å². The van der Waals surface area contributed by atoms with Gasteiger partial charge in [0, 0.05) is 6.04 Å². The van der Waals surface area contributed by atoms with Gasteiger partial charge in [-0.3, -0.25) is 11.3 Å². The van der Waals surface area contributed by atoms with Crippen LogP contribution in [-0.4, -0.2) is 6.04 Å². The van der Waals surface area contributed by atoms with Gasteiger partial charge in [-0.25, -0.2) is 0 Å². The van der Waals surface area contributed by atoms with Crippen LogP contribution in [0.25, 0.3) is 10.8 Å². The van der Waals surface area contributed by atoms with Crippen molar-refractivity contribution in [2.24, 2.45) is 5.84 Å². The molecule has 0 radical (unpaired) electrons. The molecule has 1 atom stereocenters. The maximum atomic E-state index is 5.67. The molecule has 0 saturated heterocycles. The van der Waals surface area contributed by atoms with Crippen LogP contribution < -0.4 is 11.3 Å². The first-order valence-electron chi connectivity index (χ1n) is 6.89. The van der Waals surface area contributed by atoms with Gasteiger partial charge in [0.2, 0.25) is 0 Å². The topological polar surface area (TPSA) is 38.0 Å². The average Bonchev–Trinajstić information content (AvgIpc) is 2.46. The fourth-order valence-electron chi connectivity index (χ4n) is 2.49. The Labute approximate surface area is 115 Å². The molecule has 0 fully saturated rings. The van der Waals surface area contributed by atoms with Crippen LogP contribution in [0.15, 0.2) is 55.1 Å². The molecular weight excluding hydrogens is 232 g/mol. The lowest BCUT2D eigenvalue weighted by Gasteiger charge is -2.16. The SMILES string of the molecule is C=CCCCC(Cc1cccc2ccccc12)NN. The van der Waals surface area contributed by atoms with Crippen LogP contribution in [0.5, 0.6) is 0 Å². The third-order valence-electron chi connectivity index (χ3n) is 3.54. The number of nitrogens with two attached hydrogens (primary N) is 1. The van der Waals surface area contributed by atoms with Crippen molar-refractivity contribution >= 4 is 10.8 Å². The summed E-state index contributed by atoms with van der Waals surface area (Å²) in [4.78, 5) is 0. The van der Waals surface area contributed by atoms with Crippen molar-refractivity contribution in [2.45, 2.75) is 31.7 Å². The molecule has 2 aromatic carbocycles. The van der Waals surface area contributed by atoms with E-state index < -0.39 is 0 Å². The van der Waals surface area contributed by atoms with Crippen molar-refractivity contribution in [1.29, 1.82) is 0 Å². The first kappa shape index (κ1) is 13.8. The van der Waals surface area contributed by atoms with Gasteiger partial charge in [0.15, 0.2) is 0 Å². The molecular formula is C17H22N2. The maximum Gasteiger partial charge on any atom is 0.0251 e. The minimum atomic E-state index is 0.325.